The van der Waals surface area contributed by atoms with Crippen LogP contribution < -0.4 is 0 Å². The smallest absolute Gasteiger partial charge is 0.00475 e. The van der Waals surface area contributed by atoms with Crippen molar-refractivity contribution in [3.63, 3.8) is 0 Å². The first-order valence-electron chi connectivity index (χ1n) is 3.48. The standard InChI is InChI=1S/C10H11/c1-2-4-6-8-10-9-7-5-3-1/h1-9H,10H2/b2-1+,5-3-,8-6-,9-7-. The van der Waals surface area contributed by atoms with E-state index in [9.17, 15) is 0 Å². The van der Waals surface area contributed by atoms with Gasteiger partial charge in [0.15, 0.2) is 0 Å². The van der Waals surface area contributed by atoms with Gasteiger partial charge in [-0.3, -0.25) is 0 Å². The SMILES string of the molecule is [CH]1/C=C\C\C=C/C=C\C=C\1. The molecule has 0 heterocycles. The van der Waals surface area contributed by atoms with Crippen LogP contribution in [0.1, 0.15) is 6.42 Å². The summed E-state index contributed by atoms with van der Waals surface area (Å²) in [6, 6.07) is 0. The molecule has 0 bridgehead atoms. The summed E-state index contributed by atoms with van der Waals surface area (Å²) in [5.41, 5.74) is 0. The second-order valence-electron chi connectivity index (χ2n) is 2.05. The summed E-state index contributed by atoms with van der Waals surface area (Å²) >= 11 is 0. The van der Waals surface area contributed by atoms with Crippen molar-refractivity contribution in [2.75, 3.05) is 0 Å². The summed E-state index contributed by atoms with van der Waals surface area (Å²) in [4.78, 5) is 0. The molecule has 0 amide bonds. The van der Waals surface area contributed by atoms with E-state index in [2.05, 4.69) is 24.3 Å². The van der Waals surface area contributed by atoms with Gasteiger partial charge in [-0.25, -0.2) is 0 Å². The molecule has 0 fully saturated rings. The topological polar surface area (TPSA) is 0 Å². The molecule has 0 aromatic carbocycles. The molecule has 0 spiro atoms. The third-order valence-electron chi connectivity index (χ3n) is 1.21. The molecule has 0 aromatic heterocycles. The fourth-order valence-corrected chi connectivity index (χ4v) is 0.714. The van der Waals surface area contributed by atoms with Crippen molar-refractivity contribution in [1.82, 2.24) is 0 Å². The average molecular weight is 131 g/mol. The minimum Gasteiger partial charge on any atom is -0.0841 e. The Morgan fingerprint density at radius 3 is 2.30 bits per heavy atom. The maximum absolute atomic E-state index is 2.12. The van der Waals surface area contributed by atoms with Gasteiger partial charge in [-0.2, -0.15) is 0 Å². The number of hydrogen-bond acceptors (Lipinski definition) is 0. The van der Waals surface area contributed by atoms with E-state index in [0.717, 1.165) is 6.42 Å². The fourth-order valence-electron chi connectivity index (χ4n) is 0.714. The molecule has 0 unspecified atom stereocenters. The number of allylic oxidation sites excluding steroid dienone is 8. The highest BCUT2D eigenvalue weighted by atomic mass is 13.8. The van der Waals surface area contributed by atoms with E-state index in [0.29, 0.717) is 0 Å². The molecule has 0 nitrogen and oxygen atoms in total. The van der Waals surface area contributed by atoms with Gasteiger partial charge in [-0.1, -0.05) is 48.6 Å². The molecule has 1 aliphatic rings. The first-order chi connectivity index (χ1) is 5.00. The fraction of sp³-hybridized carbons (Fsp3) is 0.100. The largest absolute Gasteiger partial charge is 0.0841 e. The minimum atomic E-state index is 1.02. The lowest BCUT2D eigenvalue weighted by Gasteiger charge is -1.83. The van der Waals surface area contributed by atoms with Gasteiger partial charge in [0.25, 0.3) is 0 Å². The van der Waals surface area contributed by atoms with Gasteiger partial charge in [0, 0.05) is 6.42 Å². The maximum atomic E-state index is 2.12. The Morgan fingerprint density at radius 1 is 0.600 bits per heavy atom. The van der Waals surface area contributed by atoms with Gasteiger partial charge in [-0.05, 0) is 6.42 Å². The summed E-state index contributed by atoms with van der Waals surface area (Å²) in [7, 11) is 0. The Kier molecular flexibility index (Phi) is 3.40. The molecule has 51 valence electrons. The second kappa shape index (κ2) is 4.80. The van der Waals surface area contributed by atoms with E-state index in [1.54, 1.807) is 0 Å². The van der Waals surface area contributed by atoms with Crippen molar-refractivity contribution in [3.05, 3.63) is 55.0 Å². The molecular formula is C10H11. The second-order valence-corrected chi connectivity index (χ2v) is 2.05. The zero-order valence-corrected chi connectivity index (χ0v) is 5.90. The van der Waals surface area contributed by atoms with Gasteiger partial charge in [0.05, 0.1) is 0 Å². The molecule has 0 aromatic rings. The van der Waals surface area contributed by atoms with E-state index in [1.165, 1.54) is 0 Å². The normalized spacial score (nSPS) is 30.4. The third-order valence-corrected chi connectivity index (χ3v) is 1.21. The zero-order chi connectivity index (χ0) is 7.07. The summed E-state index contributed by atoms with van der Waals surface area (Å²) in [5.74, 6) is 0. The Morgan fingerprint density at radius 2 is 1.30 bits per heavy atom. The lowest BCUT2D eigenvalue weighted by Crippen LogP contribution is -1.63. The van der Waals surface area contributed by atoms with Gasteiger partial charge in [-0.15, -0.1) is 0 Å². The van der Waals surface area contributed by atoms with Crippen molar-refractivity contribution < 1.29 is 0 Å². The van der Waals surface area contributed by atoms with E-state index in [4.69, 9.17) is 0 Å². The van der Waals surface area contributed by atoms with Crippen LogP contribution in [0.2, 0.25) is 0 Å². The molecule has 0 heteroatoms. The zero-order valence-electron chi connectivity index (χ0n) is 5.90. The highest BCUT2D eigenvalue weighted by Crippen LogP contribution is 1.93. The first-order valence-corrected chi connectivity index (χ1v) is 3.48. The van der Waals surface area contributed by atoms with E-state index >= 15 is 0 Å². The average Bonchev–Trinajstić information content (AvgIpc) is 2.01. The highest BCUT2D eigenvalue weighted by molar-refractivity contribution is 5.19. The summed E-state index contributed by atoms with van der Waals surface area (Å²) in [6.45, 7) is 0. The van der Waals surface area contributed by atoms with E-state index < -0.39 is 0 Å². The van der Waals surface area contributed by atoms with E-state index in [1.807, 2.05) is 30.7 Å². The van der Waals surface area contributed by atoms with Gasteiger partial charge in [0.1, 0.15) is 0 Å². The van der Waals surface area contributed by atoms with Crippen molar-refractivity contribution in [2.45, 2.75) is 6.42 Å². The summed E-state index contributed by atoms with van der Waals surface area (Å²) < 4.78 is 0. The summed E-state index contributed by atoms with van der Waals surface area (Å²) in [6.07, 6.45) is 19.5. The Balaban J connectivity index is 2.51. The molecule has 0 atom stereocenters. The quantitative estimate of drug-likeness (QED) is 0.474. The Labute approximate surface area is 62.3 Å². The molecule has 0 N–H and O–H groups in total. The lowest BCUT2D eigenvalue weighted by molar-refractivity contribution is 1.38. The van der Waals surface area contributed by atoms with E-state index in [-0.39, 0.29) is 0 Å². The minimum absolute atomic E-state index is 1.02. The van der Waals surface area contributed by atoms with Crippen LogP contribution in [0.5, 0.6) is 0 Å². The van der Waals surface area contributed by atoms with Crippen molar-refractivity contribution >= 4 is 0 Å². The van der Waals surface area contributed by atoms with Crippen LogP contribution in [-0.2, 0) is 0 Å². The molecule has 10 heavy (non-hydrogen) atoms. The monoisotopic (exact) mass is 131 g/mol. The Hall–Kier alpha value is -1.04. The van der Waals surface area contributed by atoms with Crippen molar-refractivity contribution in [2.24, 2.45) is 0 Å². The van der Waals surface area contributed by atoms with Crippen LogP contribution >= 0.6 is 0 Å². The van der Waals surface area contributed by atoms with Gasteiger partial charge >= 0.3 is 0 Å². The van der Waals surface area contributed by atoms with Crippen LogP contribution in [0.3, 0.4) is 0 Å². The maximum Gasteiger partial charge on any atom is 0.00475 e. The van der Waals surface area contributed by atoms with Crippen LogP contribution in [-0.4, -0.2) is 0 Å². The molecule has 0 saturated heterocycles. The number of rotatable bonds is 0. The van der Waals surface area contributed by atoms with Crippen molar-refractivity contribution in [3.8, 4) is 0 Å². The first kappa shape index (κ1) is 7.07. The highest BCUT2D eigenvalue weighted by Gasteiger charge is 1.73. The molecule has 1 aliphatic carbocycles. The molecular weight excluding hydrogens is 120 g/mol. The molecule has 1 rings (SSSR count). The van der Waals surface area contributed by atoms with Gasteiger partial charge in [0.2, 0.25) is 0 Å². The predicted octanol–water partition coefficient (Wildman–Crippen LogP) is 2.82. The van der Waals surface area contributed by atoms with Crippen molar-refractivity contribution in [1.29, 1.82) is 0 Å². The number of hydrogen-bond donors (Lipinski definition) is 0. The Bertz CT molecular complexity index is 160. The predicted molar refractivity (Wildman–Crippen MR) is 45.5 cm³/mol. The van der Waals surface area contributed by atoms with Crippen LogP contribution in [0.25, 0.3) is 0 Å². The van der Waals surface area contributed by atoms with Crippen LogP contribution in [0, 0.1) is 6.42 Å². The van der Waals surface area contributed by atoms with Crippen LogP contribution in [0.15, 0.2) is 48.6 Å². The summed E-state index contributed by atoms with van der Waals surface area (Å²) in [5, 5.41) is 0. The molecule has 1 radical (unpaired) electrons. The third kappa shape index (κ3) is 3.08. The molecule has 0 aliphatic heterocycles. The molecule has 0 saturated carbocycles. The lowest BCUT2D eigenvalue weighted by atomic mass is 10.2. The van der Waals surface area contributed by atoms with Gasteiger partial charge < -0.3 is 0 Å². The van der Waals surface area contributed by atoms with Crippen LogP contribution in [0.4, 0.5) is 0 Å².